The van der Waals surface area contributed by atoms with Crippen LogP contribution in [-0.4, -0.2) is 49.0 Å². The zero-order chi connectivity index (χ0) is 18.4. The molecule has 2 aromatic carbocycles. The van der Waals surface area contributed by atoms with Crippen molar-refractivity contribution in [1.82, 2.24) is 9.80 Å². The number of benzene rings is 2. The normalized spacial score (nSPS) is 14.7. The number of carbonyl (C=O) groups excluding carboxylic acids is 1. The van der Waals surface area contributed by atoms with E-state index in [9.17, 15) is 4.79 Å². The fourth-order valence-electron chi connectivity index (χ4n) is 3.27. The Bertz CT molecular complexity index is 805. The summed E-state index contributed by atoms with van der Waals surface area (Å²) in [6.45, 7) is 3.90. The second-order valence-electron chi connectivity index (χ2n) is 6.42. The molecule has 134 valence electrons. The molecule has 1 heterocycles. The van der Waals surface area contributed by atoms with E-state index >= 15 is 0 Å². The summed E-state index contributed by atoms with van der Waals surface area (Å²) in [6.07, 6.45) is 0.327. The number of nitrogens with zero attached hydrogens (tertiary/aromatic N) is 3. The Hall–Kier alpha value is -2.84. The molecule has 0 atom stereocenters. The maximum atomic E-state index is 12.7. The Morgan fingerprint density at radius 1 is 1.12 bits per heavy atom. The molecule has 1 fully saturated rings. The molecule has 0 bridgehead atoms. The number of ether oxygens (including phenoxy) is 1. The third kappa shape index (κ3) is 4.22. The Balaban J connectivity index is 1.59. The molecule has 3 rings (SSSR count). The van der Waals surface area contributed by atoms with Gasteiger partial charge in [-0.05, 0) is 23.8 Å². The predicted octanol–water partition coefficient (Wildman–Crippen LogP) is 2.72. The van der Waals surface area contributed by atoms with Crippen molar-refractivity contribution >= 4 is 5.91 Å². The summed E-state index contributed by atoms with van der Waals surface area (Å²) in [4.78, 5) is 17.0. The zero-order valence-electron chi connectivity index (χ0n) is 15.0. The second-order valence-corrected chi connectivity index (χ2v) is 6.42. The fourth-order valence-corrected chi connectivity index (χ4v) is 3.27. The average Bonchev–Trinajstić information content (AvgIpc) is 2.69. The highest BCUT2D eigenvalue weighted by molar-refractivity contribution is 5.94. The minimum atomic E-state index is 0.0433. The van der Waals surface area contributed by atoms with E-state index in [0.717, 1.165) is 30.9 Å². The van der Waals surface area contributed by atoms with Gasteiger partial charge in [0.15, 0.2) is 0 Å². The highest BCUT2D eigenvalue weighted by Gasteiger charge is 2.22. The van der Waals surface area contributed by atoms with Gasteiger partial charge in [-0.25, -0.2) is 0 Å². The van der Waals surface area contributed by atoms with Crippen molar-refractivity contribution in [2.75, 3.05) is 33.3 Å². The lowest BCUT2D eigenvalue weighted by Crippen LogP contribution is -2.48. The molecule has 1 aliphatic heterocycles. The number of hydrogen-bond acceptors (Lipinski definition) is 4. The Kier molecular flexibility index (Phi) is 5.88. The lowest BCUT2D eigenvalue weighted by atomic mass is 10.1. The van der Waals surface area contributed by atoms with Crippen molar-refractivity contribution in [3.8, 4) is 11.8 Å². The molecule has 1 amide bonds. The Morgan fingerprint density at radius 2 is 1.88 bits per heavy atom. The van der Waals surface area contributed by atoms with Crippen molar-refractivity contribution in [3.63, 3.8) is 0 Å². The quantitative estimate of drug-likeness (QED) is 0.833. The van der Waals surface area contributed by atoms with Gasteiger partial charge in [-0.15, -0.1) is 0 Å². The SMILES string of the molecule is COc1ccccc1CN1CCN(C(=O)c2cccc(CC#N)c2)CC1. The van der Waals surface area contributed by atoms with Crippen molar-refractivity contribution in [2.45, 2.75) is 13.0 Å². The maximum absolute atomic E-state index is 12.7. The summed E-state index contributed by atoms with van der Waals surface area (Å²) < 4.78 is 5.42. The Labute approximate surface area is 154 Å². The largest absolute Gasteiger partial charge is 0.496 e. The highest BCUT2D eigenvalue weighted by atomic mass is 16.5. The first-order valence-electron chi connectivity index (χ1n) is 8.80. The average molecular weight is 349 g/mol. The van der Waals surface area contributed by atoms with Gasteiger partial charge in [-0.2, -0.15) is 5.26 Å². The summed E-state index contributed by atoms with van der Waals surface area (Å²) in [6, 6.07) is 17.5. The summed E-state index contributed by atoms with van der Waals surface area (Å²) >= 11 is 0. The molecule has 0 N–H and O–H groups in total. The van der Waals surface area contributed by atoms with E-state index in [1.165, 1.54) is 5.56 Å². The van der Waals surface area contributed by atoms with Crippen LogP contribution >= 0.6 is 0 Å². The summed E-state index contributed by atoms with van der Waals surface area (Å²) in [5, 5.41) is 8.83. The van der Waals surface area contributed by atoms with Crippen LogP contribution in [0.15, 0.2) is 48.5 Å². The van der Waals surface area contributed by atoms with Gasteiger partial charge in [0, 0.05) is 43.9 Å². The maximum Gasteiger partial charge on any atom is 0.253 e. The molecule has 0 radical (unpaired) electrons. The molecule has 0 aliphatic carbocycles. The van der Waals surface area contributed by atoms with Crippen molar-refractivity contribution in [3.05, 3.63) is 65.2 Å². The third-order valence-corrected chi connectivity index (χ3v) is 4.70. The van der Waals surface area contributed by atoms with Crippen LogP contribution in [-0.2, 0) is 13.0 Å². The van der Waals surface area contributed by atoms with Crippen molar-refractivity contribution in [2.24, 2.45) is 0 Å². The van der Waals surface area contributed by atoms with Crippen LogP contribution in [0.2, 0.25) is 0 Å². The topological polar surface area (TPSA) is 56.6 Å². The number of para-hydroxylation sites is 1. The fraction of sp³-hybridized carbons (Fsp3) is 0.333. The van der Waals surface area contributed by atoms with E-state index in [-0.39, 0.29) is 5.91 Å². The standard InChI is InChI=1S/C21H23N3O2/c1-26-20-8-3-2-6-19(20)16-23-11-13-24(14-12-23)21(25)18-7-4-5-17(15-18)9-10-22/h2-8,15H,9,11-14,16H2,1H3. The van der Waals surface area contributed by atoms with E-state index in [0.29, 0.717) is 25.1 Å². The van der Waals surface area contributed by atoms with Gasteiger partial charge in [0.05, 0.1) is 19.6 Å². The van der Waals surface area contributed by atoms with E-state index in [2.05, 4.69) is 17.0 Å². The molecule has 26 heavy (non-hydrogen) atoms. The summed E-state index contributed by atoms with van der Waals surface area (Å²) in [5.41, 5.74) is 2.71. The van der Waals surface area contributed by atoms with Gasteiger partial charge in [0.25, 0.3) is 5.91 Å². The molecule has 1 saturated heterocycles. The van der Waals surface area contributed by atoms with Crippen LogP contribution < -0.4 is 4.74 Å². The van der Waals surface area contributed by atoms with Crippen LogP contribution in [0.4, 0.5) is 0 Å². The van der Waals surface area contributed by atoms with Crippen LogP contribution in [0.25, 0.3) is 0 Å². The molecule has 0 aromatic heterocycles. The Morgan fingerprint density at radius 3 is 2.62 bits per heavy atom. The van der Waals surface area contributed by atoms with Gasteiger partial charge in [0.1, 0.15) is 5.75 Å². The molecule has 5 nitrogen and oxygen atoms in total. The zero-order valence-corrected chi connectivity index (χ0v) is 15.0. The first-order valence-corrected chi connectivity index (χ1v) is 8.80. The predicted molar refractivity (Wildman–Crippen MR) is 99.9 cm³/mol. The summed E-state index contributed by atoms with van der Waals surface area (Å²) in [5.74, 6) is 0.946. The number of methoxy groups -OCH3 is 1. The molecule has 0 saturated carbocycles. The third-order valence-electron chi connectivity index (χ3n) is 4.70. The van der Waals surface area contributed by atoms with Crippen molar-refractivity contribution < 1.29 is 9.53 Å². The molecule has 0 unspecified atom stereocenters. The number of carbonyl (C=O) groups is 1. The van der Waals surface area contributed by atoms with E-state index in [1.807, 2.05) is 47.4 Å². The van der Waals surface area contributed by atoms with Crippen molar-refractivity contribution in [1.29, 1.82) is 5.26 Å². The van der Waals surface area contributed by atoms with Gasteiger partial charge in [-0.1, -0.05) is 30.3 Å². The van der Waals surface area contributed by atoms with Crippen LogP contribution in [0, 0.1) is 11.3 Å². The van der Waals surface area contributed by atoms with Crippen LogP contribution in [0.3, 0.4) is 0 Å². The second kappa shape index (κ2) is 8.50. The molecular weight excluding hydrogens is 326 g/mol. The first-order chi connectivity index (χ1) is 12.7. The highest BCUT2D eigenvalue weighted by Crippen LogP contribution is 2.20. The number of amides is 1. The summed E-state index contributed by atoms with van der Waals surface area (Å²) in [7, 11) is 1.69. The number of nitriles is 1. The number of piperazine rings is 1. The van der Waals surface area contributed by atoms with E-state index < -0.39 is 0 Å². The number of rotatable bonds is 5. The minimum absolute atomic E-state index is 0.0433. The number of hydrogen-bond donors (Lipinski definition) is 0. The van der Waals surface area contributed by atoms with E-state index in [1.54, 1.807) is 7.11 Å². The van der Waals surface area contributed by atoms with Gasteiger partial charge in [-0.3, -0.25) is 9.69 Å². The van der Waals surface area contributed by atoms with Gasteiger partial charge < -0.3 is 9.64 Å². The molecular formula is C21H23N3O2. The lowest BCUT2D eigenvalue weighted by Gasteiger charge is -2.35. The lowest BCUT2D eigenvalue weighted by molar-refractivity contribution is 0.0627. The van der Waals surface area contributed by atoms with Crippen LogP contribution in [0.5, 0.6) is 5.75 Å². The van der Waals surface area contributed by atoms with Gasteiger partial charge >= 0.3 is 0 Å². The molecule has 1 aliphatic rings. The molecule has 5 heteroatoms. The molecule has 2 aromatic rings. The molecule has 0 spiro atoms. The van der Waals surface area contributed by atoms with Crippen LogP contribution in [0.1, 0.15) is 21.5 Å². The monoisotopic (exact) mass is 349 g/mol. The van der Waals surface area contributed by atoms with Gasteiger partial charge in [0.2, 0.25) is 0 Å². The van der Waals surface area contributed by atoms with E-state index in [4.69, 9.17) is 10.00 Å². The minimum Gasteiger partial charge on any atom is -0.496 e. The smallest absolute Gasteiger partial charge is 0.253 e. The first kappa shape index (κ1) is 18.0.